The number of nitrogens with two attached hydrogens (primary N) is 1. The van der Waals surface area contributed by atoms with Crippen molar-refractivity contribution in [1.82, 2.24) is 0 Å². The number of benzene rings is 2. The number of carbonyl (C=O) groups excluding carboxylic acids is 1. The van der Waals surface area contributed by atoms with Crippen molar-refractivity contribution in [2.45, 2.75) is 20.0 Å². The minimum Gasteiger partial charge on any atom is -0.491 e. The van der Waals surface area contributed by atoms with Gasteiger partial charge in [0.1, 0.15) is 5.75 Å². The van der Waals surface area contributed by atoms with Crippen molar-refractivity contribution in [1.29, 1.82) is 0 Å². The minimum absolute atomic E-state index is 0.107. The second-order valence-electron chi connectivity index (χ2n) is 4.88. The third kappa shape index (κ3) is 4.23. The third-order valence-electron chi connectivity index (χ3n) is 2.73. The number of hydrogen-bond acceptors (Lipinski definition) is 3. The van der Waals surface area contributed by atoms with Gasteiger partial charge in [-0.3, -0.25) is 4.79 Å². The maximum atomic E-state index is 12.2. The first-order valence-electron chi connectivity index (χ1n) is 6.59. The number of ether oxygens (including phenoxy) is 1. The summed E-state index contributed by atoms with van der Waals surface area (Å²) in [4.78, 5) is 12.2. The molecular formula is C16H17BrN2O2. The molecule has 0 atom stereocenters. The van der Waals surface area contributed by atoms with Crippen molar-refractivity contribution in [2.24, 2.45) is 0 Å². The van der Waals surface area contributed by atoms with Gasteiger partial charge in [0, 0.05) is 15.7 Å². The molecule has 0 radical (unpaired) electrons. The van der Waals surface area contributed by atoms with Gasteiger partial charge >= 0.3 is 0 Å². The molecule has 0 saturated carbocycles. The summed E-state index contributed by atoms with van der Waals surface area (Å²) in [6.45, 7) is 3.92. The molecular weight excluding hydrogens is 332 g/mol. The van der Waals surface area contributed by atoms with Gasteiger partial charge in [0.15, 0.2) is 0 Å². The maximum Gasteiger partial charge on any atom is 0.255 e. The lowest BCUT2D eigenvalue weighted by Crippen LogP contribution is -2.12. The molecule has 0 heterocycles. The number of nitrogen functional groups attached to an aromatic ring is 1. The predicted molar refractivity (Wildman–Crippen MR) is 88.7 cm³/mol. The Kier molecular flexibility index (Phi) is 4.85. The first kappa shape index (κ1) is 15.4. The van der Waals surface area contributed by atoms with E-state index in [1.807, 2.05) is 13.8 Å². The lowest BCUT2D eigenvalue weighted by Gasteiger charge is -2.11. The highest BCUT2D eigenvalue weighted by atomic mass is 79.9. The molecule has 0 aliphatic carbocycles. The summed E-state index contributed by atoms with van der Waals surface area (Å²) >= 11 is 3.37. The van der Waals surface area contributed by atoms with Crippen molar-refractivity contribution in [3.8, 4) is 5.75 Å². The molecule has 21 heavy (non-hydrogen) atoms. The number of rotatable bonds is 4. The quantitative estimate of drug-likeness (QED) is 0.818. The lowest BCUT2D eigenvalue weighted by molar-refractivity contribution is 0.102. The molecule has 110 valence electrons. The Labute approximate surface area is 132 Å². The Morgan fingerprint density at radius 2 is 1.86 bits per heavy atom. The zero-order chi connectivity index (χ0) is 15.4. The van der Waals surface area contributed by atoms with Crippen molar-refractivity contribution < 1.29 is 9.53 Å². The number of carbonyl (C=O) groups is 1. The number of nitrogens with one attached hydrogen (secondary N) is 1. The van der Waals surface area contributed by atoms with Crippen LogP contribution in [0.4, 0.5) is 11.4 Å². The Hall–Kier alpha value is -2.01. The summed E-state index contributed by atoms with van der Waals surface area (Å²) in [7, 11) is 0. The molecule has 0 aromatic heterocycles. The SMILES string of the molecule is CC(C)Oc1ccc(C(=O)Nc2ccc(N)cc2Br)cc1. The molecule has 5 heteroatoms. The number of anilines is 2. The van der Waals surface area contributed by atoms with Crippen LogP contribution in [-0.2, 0) is 0 Å². The maximum absolute atomic E-state index is 12.2. The van der Waals surface area contributed by atoms with Crippen molar-refractivity contribution in [3.05, 3.63) is 52.5 Å². The molecule has 0 fully saturated rings. The van der Waals surface area contributed by atoms with E-state index in [4.69, 9.17) is 10.5 Å². The highest BCUT2D eigenvalue weighted by Crippen LogP contribution is 2.25. The molecule has 0 spiro atoms. The molecule has 2 aromatic carbocycles. The van der Waals surface area contributed by atoms with Gasteiger partial charge in [0.05, 0.1) is 11.8 Å². The van der Waals surface area contributed by atoms with Gasteiger partial charge in [-0.2, -0.15) is 0 Å². The highest BCUT2D eigenvalue weighted by Gasteiger charge is 2.09. The minimum atomic E-state index is -0.184. The first-order chi connectivity index (χ1) is 9.95. The number of hydrogen-bond donors (Lipinski definition) is 2. The Balaban J connectivity index is 2.09. The molecule has 1 amide bonds. The largest absolute Gasteiger partial charge is 0.491 e. The molecule has 0 saturated heterocycles. The van der Waals surface area contributed by atoms with E-state index >= 15 is 0 Å². The Morgan fingerprint density at radius 3 is 2.43 bits per heavy atom. The van der Waals surface area contributed by atoms with Crippen molar-refractivity contribution >= 4 is 33.2 Å². The summed E-state index contributed by atoms with van der Waals surface area (Å²) in [5, 5.41) is 2.83. The highest BCUT2D eigenvalue weighted by molar-refractivity contribution is 9.10. The molecule has 0 bridgehead atoms. The fourth-order valence-electron chi connectivity index (χ4n) is 1.78. The van der Waals surface area contributed by atoms with Crippen LogP contribution in [0, 0.1) is 0 Å². The molecule has 2 rings (SSSR count). The van der Waals surface area contributed by atoms with Crippen LogP contribution in [0.5, 0.6) is 5.75 Å². The second-order valence-corrected chi connectivity index (χ2v) is 5.74. The summed E-state index contributed by atoms with van der Waals surface area (Å²) in [6, 6.07) is 12.3. The monoisotopic (exact) mass is 348 g/mol. The Morgan fingerprint density at radius 1 is 1.19 bits per heavy atom. The lowest BCUT2D eigenvalue weighted by atomic mass is 10.2. The van der Waals surface area contributed by atoms with E-state index in [1.54, 1.807) is 42.5 Å². The second kappa shape index (κ2) is 6.63. The van der Waals surface area contributed by atoms with Crippen LogP contribution in [0.15, 0.2) is 46.9 Å². The standard InChI is InChI=1S/C16H17BrN2O2/c1-10(2)21-13-6-3-11(4-7-13)16(20)19-15-8-5-12(18)9-14(15)17/h3-10H,18H2,1-2H3,(H,19,20). The third-order valence-corrected chi connectivity index (χ3v) is 3.39. The van der Waals surface area contributed by atoms with Crippen LogP contribution < -0.4 is 15.8 Å². The van der Waals surface area contributed by atoms with Crippen LogP contribution in [0.25, 0.3) is 0 Å². The smallest absolute Gasteiger partial charge is 0.255 e. The zero-order valence-electron chi connectivity index (χ0n) is 11.9. The van der Waals surface area contributed by atoms with Gasteiger partial charge in [0.25, 0.3) is 5.91 Å². The summed E-state index contributed by atoms with van der Waals surface area (Å²) < 4.78 is 6.29. The van der Waals surface area contributed by atoms with Gasteiger partial charge in [-0.05, 0) is 72.2 Å². The number of halogens is 1. The average Bonchev–Trinajstić information content (AvgIpc) is 2.42. The topological polar surface area (TPSA) is 64.3 Å². The van der Waals surface area contributed by atoms with E-state index in [2.05, 4.69) is 21.2 Å². The van der Waals surface area contributed by atoms with Gasteiger partial charge < -0.3 is 15.8 Å². The van der Waals surface area contributed by atoms with E-state index in [0.29, 0.717) is 16.9 Å². The van der Waals surface area contributed by atoms with Crippen LogP contribution >= 0.6 is 15.9 Å². The van der Waals surface area contributed by atoms with Crippen LogP contribution in [0.2, 0.25) is 0 Å². The van der Waals surface area contributed by atoms with Gasteiger partial charge in [-0.1, -0.05) is 0 Å². The molecule has 0 aliphatic rings. The fraction of sp³-hybridized carbons (Fsp3) is 0.188. The zero-order valence-corrected chi connectivity index (χ0v) is 13.5. The van der Waals surface area contributed by atoms with Crippen molar-refractivity contribution in [3.63, 3.8) is 0 Å². The van der Waals surface area contributed by atoms with Crippen LogP contribution in [-0.4, -0.2) is 12.0 Å². The predicted octanol–water partition coefficient (Wildman–Crippen LogP) is 4.07. The van der Waals surface area contributed by atoms with E-state index < -0.39 is 0 Å². The number of amides is 1. The first-order valence-corrected chi connectivity index (χ1v) is 7.38. The average molecular weight is 349 g/mol. The van der Waals surface area contributed by atoms with E-state index in [1.165, 1.54) is 0 Å². The molecule has 3 N–H and O–H groups in total. The molecule has 0 aliphatic heterocycles. The van der Waals surface area contributed by atoms with Crippen molar-refractivity contribution in [2.75, 3.05) is 11.1 Å². The van der Waals surface area contributed by atoms with E-state index in [0.717, 1.165) is 10.2 Å². The summed E-state index contributed by atoms with van der Waals surface area (Å²) in [6.07, 6.45) is 0.107. The molecule has 4 nitrogen and oxygen atoms in total. The van der Waals surface area contributed by atoms with E-state index in [-0.39, 0.29) is 12.0 Å². The van der Waals surface area contributed by atoms with Gasteiger partial charge in [-0.15, -0.1) is 0 Å². The Bertz CT molecular complexity index is 639. The fourth-order valence-corrected chi connectivity index (χ4v) is 2.28. The summed E-state index contributed by atoms with van der Waals surface area (Å²) in [5.74, 6) is 0.562. The molecule has 0 unspecified atom stereocenters. The van der Waals surface area contributed by atoms with Crippen LogP contribution in [0.1, 0.15) is 24.2 Å². The van der Waals surface area contributed by atoms with Gasteiger partial charge in [0.2, 0.25) is 0 Å². The summed E-state index contributed by atoms with van der Waals surface area (Å²) in [5.41, 5.74) is 7.55. The molecule has 2 aromatic rings. The van der Waals surface area contributed by atoms with E-state index in [9.17, 15) is 4.79 Å². The van der Waals surface area contributed by atoms with Gasteiger partial charge in [-0.25, -0.2) is 0 Å². The van der Waals surface area contributed by atoms with Crippen LogP contribution in [0.3, 0.4) is 0 Å². The normalized spacial score (nSPS) is 10.5.